The third-order valence-electron chi connectivity index (χ3n) is 4.19. The summed E-state index contributed by atoms with van der Waals surface area (Å²) >= 11 is 0. The van der Waals surface area contributed by atoms with Gasteiger partial charge >= 0.3 is 0 Å². The molecule has 3 N–H and O–H groups in total. The van der Waals surface area contributed by atoms with Crippen molar-refractivity contribution in [2.24, 2.45) is 17.6 Å². The Hall–Kier alpha value is -0.610. The highest BCUT2D eigenvalue weighted by Gasteiger charge is 2.30. The van der Waals surface area contributed by atoms with Crippen molar-refractivity contribution in [2.75, 3.05) is 26.2 Å². The van der Waals surface area contributed by atoms with Crippen LogP contribution in [0.15, 0.2) is 0 Å². The van der Waals surface area contributed by atoms with Gasteiger partial charge in [-0.25, -0.2) is 0 Å². The summed E-state index contributed by atoms with van der Waals surface area (Å²) in [6.45, 7) is 10.2. The lowest BCUT2D eigenvalue weighted by Gasteiger charge is -2.31. The van der Waals surface area contributed by atoms with Crippen molar-refractivity contribution < 1.29 is 4.79 Å². The highest BCUT2D eigenvalue weighted by Crippen LogP contribution is 2.28. The van der Waals surface area contributed by atoms with Crippen LogP contribution in [0.25, 0.3) is 0 Å². The molecule has 0 aromatic heterocycles. The van der Waals surface area contributed by atoms with Crippen LogP contribution in [0.4, 0.5) is 0 Å². The number of hydrogen-bond donors (Lipinski definition) is 2. The summed E-state index contributed by atoms with van der Waals surface area (Å²) < 4.78 is 0. The minimum Gasteiger partial charge on any atom is -0.355 e. The van der Waals surface area contributed by atoms with E-state index in [0.717, 1.165) is 45.4 Å². The quantitative estimate of drug-likeness (QED) is 0.750. The zero-order valence-corrected chi connectivity index (χ0v) is 12.1. The molecular weight excluding hydrogens is 226 g/mol. The molecule has 4 nitrogen and oxygen atoms in total. The van der Waals surface area contributed by atoms with Crippen molar-refractivity contribution in [1.82, 2.24) is 10.2 Å². The van der Waals surface area contributed by atoms with Crippen LogP contribution in [0.2, 0.25) is 0 Å². The molecule has 3 atom stereocenters. The molecule has 0 heterocycles. The molecule has 1 aliphatic carbocycles. The number of nitrogens with two attached hydrogens (primary N) is 1. The van der Waals surface area contributed by atoms with Gasteiger partial charge in [0.1, 0.15) is 0 Å². The Morgan fingerprint density at radius 3 is 2.61 bits per heavy atom. The van der Waals surface area contributed by atoms with E-state index in [1.165, 1.54) is 0 Å². The fourth-order valence-electron chi connectivity index (χ4n) is 2.73. The van der Waals surface area contributed by atoms with Crippen molar-refractivity contribution in [1.29, 1.82) is 0 Å². The molecular formula is C14H29N3O. The van der Waals surface area contributed by atoms with E-state index >= 15 is 0 Å². The number of nitrogens with one attached hydrogen (secondary N) is 1. The molecule has 1 amide bonds. The van der Waals surface area contributed by atoms with Gasteiger partial charge in [-0.05, 0) is 38.3 Å². The van der Waals surface area contributed by atoms with Gasteiger partial charge in [-0.2, -0.15) is 0 Å². The SMILES string of the molecule is CCN(CC)CCNC(=O)C1CC(N)CCC1C. The van der Waals surface area contributed by atoms with E-state index in [4.69, 9.17) is 5.73 Å². The fraction of sp³-hybridized carbons (Fsp3) is 0.929. The number of carbonyl (C=O) groups is 1. The number of nitrogens with zero attached hydrogens (tertiary/aromatic N) is 1. The maximum absolute atomic E-state index is 12.1. The lowest BCUT2D eigenvalue weighted by Crippen LogP contribution is -2.43. The number of likely N-dealkylation sites (N-methyl/N-ethyl adjacent to an activating group) is 1. The van der Waals surface area contributed by atoms with Gasteiger partial charge in [-0.3, -0.25) is 4.79 Å². The molecule has 0 aromatic carbocycles. The largest absolute Gasteiger partial charge is 0.355 e. The molecule has 0 bridgehead atoms. The second-order valence-electron chi connectivity index (χ2n) is 5.47. The molecule has 4 heteroatoms. The van der Waals surface area contributed by atoms with Crippen LogP contribution in [0.1, 0.15) is 40.0 Å². The second kappa shape index (κ2) is 7.74. The summed E-state index contributed by atoms with van der Waals surface area (Å²) in [7, 11) is 0. The topological polar surface area (TPSA) is 58.4 Å². The monoisotopic (exact) mass is 255 g/mol. The van der Waals surface area contributed by atoms with Gasteiger partial charge in [0.25, 0.3) is 0 Å². The standard InChI is InChI=1S/C14H29N3O/c1-4-17(5-2)9-8-16-14(18)13-10-12(15)7-6-11(13)3/h11-13H,4-10,15H2,1-3H3,(H,16,18). The molecule has 0 saturated heterocycles. The maximum Gasteiger partial charge on any atom is 0.223 e. The van der Waals surface area contributed by atoms with Gasteiger partial charge in [0.05, 0.1) is 0 Å². The summed E-state index contributed by atoms with van der Waals surface area (Å²) in [4.78, 5) is 14.4. The maximum atomic E-state index is 12.1. The fourth-order valence-corrected chi connectivity index (χ4v) is 2.73. The Labute approximate surface area is 111 Å². The van der Waals surface area contributed by atoms with Gasteiger partial charge in [0.15, 0.2) is 0 Å². The third-order valence-corrected chi connectivity index (χ3v) is 4.19. The lowest BCUT2D eigenvalue weighted by molar-refractivity contribution is -0.127. The summed E-state index contributed by atoms with van der Waals surface area (Å²) in [6.07, 6.45) is 2.98. The molecule has 0 aliphatic heterocycles. The molecule has 0 radical (unpaired) electrons. The number of amides is 1. The first-order valence-electron chi connectivity index (χ1n) is 7.34. The van der Waals surface area contributed by atoms with Gasteiger partial charge in [0.2, 0.25) is 5.91 Å². The lowest BCUT2D eigenvalue weighted by atomic mass is 9.78. The molecule has 1 saturated carbocycles. The van der Waals surface area contributed by atoms with E-state index in [2.05, 4.69) is 31.0 Å². The molecule has 3 unspecified atom stereocenters. The number of carbonyl (C=O) groups excluding carboxylic acids is 1. The first kappa shape index (κ1) is 15.4. The number of hydrogen-bond acceptors (Lipinski definition) is 3. The van der Waals surface area contributed by atoms with Gasteiger partial charge in [-0.1, -0.05) is 20.8 Å². The molecule has 106 valence electrons. The zero-order valence-electron chi connectivity index (χ0n) is 12.1. The van der Waals surface area contributed by atoms with Crippen LogP contribution >= 0.6 is 0 Å². The molecule has 1 fully saturated rings. The highest BCUT2D eigenvalue weighted by molar-refractivity contribution is 5.79. The van der Waals surface area contributed by atoms with Gasteiger partial charge < -0.3 is 16.0 Å². The van der Waals surface area contributed by atoms with Crippen LogP contribution < -0.4 is 11.1 Å². The smallest absolute Gasteiger partial charge is 0.223 e. The Kier molecular flexibility index (Phi) is 6.65. The second-order valence-corrected chi connectivity index (χ2v) is 5.47. The summed E-state index contributed by atoms with van der Waals surface area (Å²) in [5, 5.41) is 3.07. The predicted molar refractivity (Wildman–Crippen MR) is 75.3 cm³/mol. The van der Waals surface area contributed by atoms with Crippen molar-refractivity contribution in [2.45, 2.75) is 46.1 Å². The number of rotatable bonds is 6. The van der Waals surface area contributed by atoms with Crippen molar-refractivity contribution in [3.8, 4) is 0 Å². The van der Waals surface area contributed by atoms with Gasteiger partial charge in [-0.15, -0.1) is 0 Å². The Balaban J connectivity index is 2.31. The summed E-state index contributed by atoms with van der Waals surface area (Å²) in [5.74, 6) is 0.786. The van der Waals surface area contributed by atoms with E-state index in [1.807, 2.05) is 0 Å². The molecule has 0 aromatic rings. The van der Waals surface area contributed by atoms with Gasteiger partial charge in [0, 0.05) is 25.0 Å². The third kappa shape index (κ3) is 4.58. The van der Waals surface area contributed by atoms with E-state index in [0.29, 0.717) is 5.92 Å². The first-order chi connectivity index (χ1) is 8.58. The van der Waals surface area contributed by atoms with E-state index in [-0.39, 0.29) is 17.9 Å². The van der Waals surface area contributed by atoms with Crippen molar-refractivity contribution in [3.63, 3.8) is 0 Å². The summed E-state index contributed by atoms with van der Waals surface area (Å²) in [6, 6.07) is 0.208. The average molecular weight is 255 g/mol. The summed E-state index contributed by atoms with van der Waals surface area (Å²) in [5.41, 5.74) is 5.96. The van der Waals surface area contributed by atoms with Crippen LogP contribution in [-0.2, 0) is 4.79 Å². The molecule has 1 aliphatic rings. The van der Waals surface area contributed by atoms with E-state index < -0.39 is 0 Å². The van der Waals surface area contributed by atoms with Crippen molar-refractivity contribution >= 4 is 5.91 Å². The van der Waals surface area contributed by atoms with Crippen LogP contribution in [0, 0.1) is 11.8 Å². The van der Waals surface area contributed by atoms with Crippen LogP contribution in [0.5, 0.6) is 0 Å². The van der Waals surface area contributed by atoms with Crippen LogP contribution in [0.3, 0.4) is 0 Å². The normalized spacial score (nSPS) is 28.4. The highest BCUT2D eigenvalue weighted by atomic mass is 16.1. The Morgan fingerprint density at radius 1 is 1.33 bits per heavy atom. The molecule has 1 rings (SSSR count). The van der Waals surface area contributed by atoms with E-state index in [9.17, 15) is 4.79 Å². The average Bonchev–Trinajstić information content (AvgIpc) is 2.37. The zero-order chi connectivity index (χ0) is 13.5. The Morgan fingerprint density at radius 2 is 2.00 bits per heavy atom. The Bertz CT molecular complexity index is 253. The molecule has 0 spiro atoms. The molecule has 18 heavy (non-hydrogen) atoms. The predicted octanol–water partition coefficient (Wildman–Crippen LogP) is 1.21. The minimum absolute atomic E-state index is 0.116. The van der Waals surface area contributed by atoms with Crippen LogP contribution in [-0.4, -0.2) is 43.0 Å². The van der Waals surface area contributed by atoms with Crippen molar-refractivity contribution in [3.05, 3.63) is 0 Å². The first-order valence-corrected chi connectivity index (χ1v) is 7.34. The minimum atomic E-state index is 0.116. The van der Waals surface area contributed by atoms with E-state index in [1.54, 1.807) is 0 Å².